The van der Waals surface area contributed by atoms with Crippen LogP contribution in [0.4, 0.5) is 0 Å². The number of aryl methyl sites for hydroxylation is 3. The number of hydrogen-bond donors (Lipinski definition) is 1. The highest BCUT2D eigenvalue weighted by Gasteiger charge is 2.33. The first-order valence-corrected chi connectivity index (χ1v) is 8.62. The van der Waals surface area contributed by atoms with E-state index in [9.17, 15) is 9.90 Å². The van der Waals surface area contributed by atoms with Gasteiger partial charge in [-0.2, -0.15) is 0 Å². The first-order valence-electron chi connectivity index (χ1n) is 8.62. The van der Waals surface area contributed by atoms with Crippen LogP contribution in [0.25, 0.3) is 10.9 Å². The monoisotopic (exact) mass is 326 g/mol. The van der Waals surface area contributed by atoms with E-state index in [1.54, 1.807) is 0 Å². The van der Waals surface area contributed by atoms with Crippen molar-refractivity contribution in [1.82, 2.24) is 9.88 Å². The minimum atomic E-state index is -0.196. The molecule has 24 heavy (non-hydrogen) atoms. The molecule has 3 rings (SSSR count). The SMILES string of the molecule is Cc1cc(C(=O)N2CCCC(C)(CO)C2)c2ccc(C)c(C)c2n1. The maximum atomic E-state index is 13.2. The zero-order valence-electron chi connectivity index (χ0n) is 15.0. The second kappa shape index (κ2) is 6.17. The molecule has 0 spiro atoms. The van der Waals surface area contributed by atoms with E-state index in [4.69, 9.17) is 0 Å². The van der Waals surface area contributed by atoms with Gasteiger partial charge >= 0.3 is 0 Å². The molecule has 0 aliphatic carbocycles. The summed E-state index contributed by atoms with van der Waals surface area (Å²) in [5, 5.41) is 10.6. The minimum absolute atomic E-state index is 0.0492. The lowest BCUT2D eigenvalue weighted by atomic mass is 9.82. The second-order valence-corrected chi connectivity index (χ2v) is 7.51. The molecule has 4 nitrogen and oxygen atoms in total. The predicted octanol–water partition coefficient (Wildman–Crippen LogP) is 3.39. The molecule has 1 unspecified atom stereocenters. The summed E-state index contributed by atoms with van der Waals surface area (Å²) in [6.07, 6.45) is 1.89. The van der Waals surface area contributed by atoms with Gasteiger partial charge < -0.3 is 10.0 Å². The third-order valence-corrected chi connectivity index (χ3v) is 5.31. The molecule has 1 aliphatic heterocycles. The number of nitrogens with zero attached hydrogens (tertiary/aromatic N) is 2. The average Bonchev–Trinajstić information content (AvgIpc) is 2.57. The molecule has 0 saturated carbocycles. The summed E-state index contributed by atoms with van der Waals surface area (Å²) >= 11 is 0. The highest BCUT2D eigenvalue weighted by atomic mass is 16.3. The molecule has 128 valence electrons. The van der Waals surface area contributed by atoms with E-state index in [1.807, 2.05) is 24.0 Å². The van der Waals surface area contributed by atoms with E-state index >= 15 is 0 Å². The van der Waals surface area contributed by atoms with Gasteiger partial charge in [0.2, 0.25) is 0 Å². The van der Waals surface area contributed by atoms with E-state index in [2.05, 4.69) is 31.8 Å². The first-order chi connectivity index (χ1) is 11.3. The lowest BCUT2D eigenvalue weighted by Crippen LogP contribution is -2.46. The zero-order valence-corrected chi connectivity index (χ0v) is 15.0. The van der Waals surface area contributed by atoms with Crippen molar-refractivity contribution in [2.24, 2.45) is 5.41 Å². The number of benzene rings is 1. The molecule has 4 heteroatoms. The van der Waals surface area contributed by atoms with Crippen LogP contribution in [0.2, 0.25) is 0 Å². The molecule has 1 aliphatic rings. The van der Waals surface area contributed by atoms with Crippen LogP contribution in [0.3, 0.4) is 0 Å². The fourth-order valence-corrected chi connectivity index (χ4v) is 3.62. The Kier molecular flexibility index (Phi) is 4.35. The Bertz CT molecular complexity index is 800. The van der Waals surface area contributed by atoms with Gasteiger partial charge in [0, 0.05) is 29.6 Å². The molecule has 2 heterocycles. The number of rotatable bonds is 2. The number of aliphatic hydroxyl groups is 1. The number of amides is 1. The van der Waals surface area contributed by atoms with Crippen molar-refractivity contribution < 1.29 is 9.90 Å². The Balaban J connectivity index is 2.06. The third-order valence-electron chi connectivity index (χ3n) is 5.31. The number of carbonyl (C=O) groups excluding carboxylic acids is 1. The van der Waals surface area contributed by atoms with Gasteiger partial charge in [0.1, 0.15) is 0 Å². The molecule has 0 radical (unpaired) electrons. The van der Waals surface area contributed by atoms with Crippen LogP contribution in [0, 0.1) is 26.2 Å². The van der Waals surface area contributed by atoms with Crippen molar-refractivity contribution in [3.63, 3.8) is 0 Å². The van der Waals surface area contributed by atoms with Crippen molar-refractivity contribution >= 4 is 16.8 Å². The Morgan fingerprint density at radius 2 is 2.08 bits per heavy atom. The van der Waals surface area contributed by atoms with Crippen LogP contribution in [0.15, 0.2) is 18.2 Å². The van der Waals surface area contributed by atoms with Crippen LogP contribution >= 0.6 is 0 Å². The van der Waals surface area contributed by atoms with E-state index in [0.717, 1.165) is 47.1 Å². The quantitative estimate of drug-likeness (QED) is 0.920. The molecule has 1 N–H and O–H groups in total. The highest BCUT2D eigenvalue weighted by Crippen LogP contribution is 2.31. The highest BCUT2D eigenvalue weighted by molar-refractivity contribution is 6.07. The number of likely N-dealkylation sites (tertiary alicyclic amines) is 1. The number of pyridine rings is 1. The van der Waals surface area contributed by atoms with E-state index in [0.29, 0.717) is 6.54 Å². The minimum Gasteiger partial charge on any atom is -0.396 e. The van der Waals surface area contributed by atoms with Gasteiger partial charge in [-0.25, -0.2) is 0 Å². The average molecular weight is 326 g/mol. The van der Waals surface area contributed by atoms with Gasteiger partial charge in [0.05, 0.1) is 17.7 Å². The number of hydrogen-bond acceptors (Lipinski definition) is 3. The van der Waals surface area contributed by atoms with Gasteiger partial charge in [-0.3, -0.25) is 9.78 Å². The molecule has 0 bridgehead atoms. The summed E-state index contributed by atoms with van der Waals surface area (Å²) in [6.45, 7) is 9.59. The summed E-state index contributed by atoms with van der Waals surface area (Å²) < 4.78 is 0. The Labute approximate surface area is 143 Å². The summed E-state index contributed by atoms with van der Waals surface area (Å²) in [6, 6.07) is 5.95. The van der Waals surface area contributed by atoms with Crippen molar-refractivity contribution in [3.05, 3.63) is 40.6 Å². The second-order valence-electron chi connectivity index (χ2n) is 7.51. The number of fused-ring (bicyclic) bond motifs is 1. The Morgan fingerprint density at radius 1 is 1.33 bits per heavy atom. The molecular weight excluding hydrogens is 300 g/mol. The number of aromatic nitrogens is 1. The molecule has 1 aromatic carbocycles. The van der Waals surface area contributed by atoms with Crippen LogP contribution in [-0.2, 0) is 0 Å². The van der Waals surface area contributed by atoms with Gasteiger partial charge in [-0.05, 0) is 50.8 Å². The number of carbonyl (C=O) groups is 1. The Morgan fingerprint density at radius 3 is 2.79 bits per heavy atom. The zero-order chi connectivity index (χ0) is 17.5. The van der Waals surface area contributed by atoms with E-state index < -0.39 is 0 Å². The first kappa shape index (κ1) is 16.9. The van der Waals surface area contributed by atoms with Crippen molar-refractivity contribution in [2.45, 2.75) is 40.5 Å². The summed E-state index contributed by atoms with van der Waals surface area (Å²) in [5.41, 5.74) is 4.62. The van der Waals surface area contributed by atoms with Gasteiger partial charge in [0.25, 0.3) is 5.91 Å². The topological polar surface area (TPSA) is 53.4 Å². The van der Waals surface area contributed by atoms with Crippen molar-refractivity contribution in [1.29, 1.82) is 0 Å². The molecule has 1 saturated heterocycles. The molecule has 2 aromatic rings. The summed E-state index contributed by atoms with van der Waals surface area (Å²) in [5.74, 6) is 0.0492. The van der Waals surface area contributed by atoms with Crippen LogP contribution in [0.5, 0.6) is 0 Å². The molecular formula is C20H26N2O2. The molecule has 1 aromatic heterocycles. The maximum Gasteiger partial charge on any atom is 0.254 e. The predicted molar refractivity (Wildman–Crippen MR) is 96.3 cm³/mol. The molecule has 1 amide bonds. The normalized spacial score (nSPS) is 21.3. The van der Waals surface area contributed by atoms with Crippen molar-refractivity contribution in [2.75, 3.05) is 19.7 Å². The standard InChI is InChI=1S/C20H26N2O2/c1-13-6-7-16-17(10-14(2)21-18(16)15(13)3)19(24)22-9-5-8-20(4,11-22)12-23/h6-7,10,23H,5,8-9,11-12H2,1-4H3. The largest absolute Gasteiger partial charge is 0.396 e. The van der Waals surface area contributed by atoms with Gasteiger partial charge in [-0.15, -0.1) is 0 Å². The third kappa shape index (κ3) is 2.91. The van der Waals surface area contributed by atoms with E-state index in [-0.39, 0.29) is 17.9 Å². The number of aliphatic hydroxyl groups excluding tert-OH is 1. The van der Waals surface area contributed by atoms with Crippen LogP contribution < -0.4 is 0 Å². The maximum absolute atomic E-state index is 13.2. The fourth-order valence-electron chi connectivity index (χ4n) is 3.62. The Hall–Kier alpha value is -1.94. The van der Waals surface area contributed by atoms with Gasteiger partial charge in [-0.1, -0.05) is 19.1 Å². The molecule has 1 fully saturated rings. The van der Waals surface area contributed by atoms with Gasteiger partial charge in [0.15, 0.2) is 0 Å². The van der Waals surface area contributed by atoms with Crippen molar-refractivity contribution in [3.8, 4) is 0 Å². The fraction of sp³-hybridized carbons (Fsp3) is 0.500. The van der Waals surface area contributed by atoms with E-state index in [1.165, 1.54) is 5.56 Å². The lowest BCUT2D eigenvalue weighted by Gasteiger charge is -2.39. The summed E-state index contributed by atoms with van der Waals surface area (Å²) in [7, 11) is 0. The molecule has 1 atom stereocenters. The van der Waals surface area contributed by atoms with Crippen LogP contribution in [0.1, 0.15) is 46.9 Å². The lowest BCUT2D eigenvalue weighted by molar-refractivity contribution is 0.0359. The smallest absolute Gasteiger partial charge is 0.254 e. The number of piperidine rings is 1. The van der Waals surface area contributed by atoms with Crippen LogP contribution in [-0.4, -0.2) is 40.6 Å². The summed E-state index contributed by atoms with van der Waals surface area (Å²) in [4.78, 5) is 19.7.